The van der Waals surface area contributed by atoms with Crippen molar-refractivity contribution in [1.82, 2.24) is 4.90 Å². The molecule has 1 fully saturated rings. The van der Waals surface area contributed by atoms with E-state index in [0.29, 0.717) is 6.54 Å². The summed E-state index contributed by atoms with van der Waals surface area (Å²) in [6.45, 7) is 5.90. The van der Waals surface area contributed by atoms with E-state index in [0.717, 1.165) is 38.9 Å². The fourth-order valence-electron chi connectivity index (χ4n) is 4.82. The molecule has 29 heavy (non-hydrogen) atoms. The topological polar surface area (TPSA) is 49.5 Å². The first-order valence-corrected chi connectivity index (χ1v) is 12.4. The molecule has 1 aromatic carbocycles. The van der Waals surface area contributed by atoms with E-state index in [9.17, 15) is 5.11 Å². The first-order chi connectivity index (χ1) is 14.2. The Morgan fingerprint density at radius 2 is 1.45 bits per heavy atom. The van der Waals surface area contributed by atoms with Crippen LogP contribution in [0.25, 0.3) is 0 Å². The maximum Gasteiger partial charge on any atom is 0.0667 e. The van der Waals surface area contributed by atoms with Crippen LogP contribution in [0.4, 0.5) is 0 Å². The summed E-state index contributed by atoms with van der Waals surface area (Å²) in [6, 6.07) is 10.8. The lowest BCUT2D eigenvalue weighted by Crippen LogP contribution is -2.48. The molecule has 1 aliphatic rings. The minimum atomic E-state index is -0.175. The summed E-state index contributed by atoms with van der Waals surface area (Å²) in [7, 11) is 0. The van der Waals surface area contributed by atoms with Gasteiger partial charge in [0.2, 0.25) is 0 Å². The van der Waals surface area contributed by atoms with Crippen LogP contribution in [-0.2, 0) is 5.41 Å². The Hall–Kier alpha value is -0.900. The van der Waals surface area contributed by atoms with Crippen molar-refractivity contribution in [3.8, 4) is 0 Å². The first kappa shape index (κ1) is 24.4. The number of aliphatic hydroxyl groups is 1. The Morgan fingerprint density at radius 1 is 0.897 bits per heavy atom. The second kappa shape index (κ2) is 14.2. The Bertz CT molecular complexity index is 511. The van der Waals surface area contributed by atoms with Crippen LogP contribution < -0.4 is 5.73 Å². The number of nitrogens with zero attached hydrogens (tertiary/aromatic N) is 1. The lowest BCUT2D eigenvalue weighted by atomic mass is 9.73. The summed E-state index contributed by atoms with van der Waals surface area (Å²) in [4.78, 5) is 2.44. The van der Waals surface area contributed by atoms with Crippen molar-refractivity contribution in [3.05, 3.63) is 35.9 Å². The molecular formula is C26H46N2O. The molecule has 166 valence electrons. The fraction of sp³-hybridized carbons (Fsp3) is 0.769. The molecule has 1 heterocycles. The summed E-state index contributed by atoms with van der Waals surface area (Å²) < 4.78 is 0. The van der Waals surface area contributed by atoms with Gasteiger partial charge in [0.25, 0.3) is 0 Å². The van der Waals surface area contributed by atoms with Crippen LogP contribution in [0.3, 0.4) is 0 Å². The SMILES string of the molecule is CCCCCCCCCCCCC(O)CN1CCC(CN)(c2ccccc2)CC1. The largest absolute Gasteiger partial charge is 0.392 e. The zero-order valence-electron chi connectivity index (χ0n) is 19.0. The second-order valence-corrected chi connectivity index (χ2v) is 9.28. The maximum absolute atomic E-state index is 10.5. The number of hydrogen-bond acceptors (Lipinski definition) is 3. The number of β-amino-alcohol motifs (C(OH)–C–C–N with tert-alkyl or cyclic N) is 1. The average Bonchev–Trinajstić information content (AvgIpc) is 2.76. The van der Waals surface area contributed by atoms with Crippen molar-refractivity contribution in [2.45, 2.75) is 102 Å². The Labute approximate surface area is 180 Å². The molecule has 0 radical (unpaired) electrons. The predicted molar refractivity (Wildman–Crippen MR) is 125 cm³/mol. The number of hydrogen-bond donors (Lipinski definition) is 2. The van der Waals surface area contributed by atoms with Crippen LogP contribution >= 0.6 is 0 Å². The molecule has 1 saturated heterocycles. The summed E-state index contributed by atoms with van der Waals surface area (Å²) in [5, 5.41) is 10.5. The zero-order valence-corrected chi connectivity index (χ0v) is 19.0. The van der Waals surface area contributed by atoms with Crippen molar-refractivity contribution in [2.24, 2.45) is 5.73 Å². The highest BCUT2D eigenvalue weighted by Crippen LogP contribution is 2.34. The third kappa shape index (κ3) is 8.78. The van der Waals surface area contributed by atoms with Crippen LogP contribution in [0.1, 0.15) is 96.0 Å². The maximum atomic E-state index is 10.5. The lowest BCUT2D eigenvalue weighted by molar-refractivity contribution is 0.0760. The highest BCUT2D eigenvalue weighted by Gasteiger charge is 2.35. The summed E-state index contributed by atoms with van der Waals surface area (Å²) in [5.41, 5.74) is 7.70. The second-order valence-electron chi connectivity index (χ2n) is 9.28. The molecule has 0 spiro atoms. The molecule has 1 aliphatic heterocycles. The molecule has 0 amide bonds. The molecule has 1 aromatic rings. The van der Waals surface area contributed by atoms with Gasteiger partial charge in [-0.05, 0) is 37.9 Å². The van der Waals surface area contributed by atoms with E-state index in [1.165, 1.54) is 69.8 Å². The molecule has 3 heteroatoms. The number of unbranched alkanes of at least 4 members (excludes halogenated alkanes) is 9. The first-order valence-electron chi connectivity index (χ1n) is 12.4. The standard InChI is InChI=1S/C26H46N2O/c1-2-3-4-5-6-7-8-9-10-14-17-25(29)22-28-20-18-26(23-27,19-21-28)24-15-12-11-13-16-24/h11-13,15-16,25,29H,2-10,14,17-23,27H2,1H3. The predicted octanol–water partition coefficient (Wildman–Crippen LogP) is 5.65. The average molecular weight is 403 g/mol. The number of benzene rings is 1. The van der Waals surface area contributed by atoms with Gasteiger partial charge in [-0.2, -0.15) is 0 Å². The monoisotopic (exact) mass is 402 g/mol. The molecule has 1 unspecified atom stereocenters. The number of piperidine rings is 1. The van der Waals surface area contributed by atoms with E-state index in [-0.39, 0.29) is 11.5 Å². The van der Waals surface area contributed by atoms with Gasteiger partial charge in [0.15, 0.2) is 0 Å². The van der Waals surface area contributed by atoms with Crippen LogP contribution in [0.5, 0.6) is 0 Å². The molecular weight excluding hydrogens is 356 g/mol. The van der Waals surface area contributed by atoms with Crippen LogP contribution in [0.2, 0.25) is 0 Å². The van der Waals surface area contributed by atoms with Gasteiger partial charge in [-0.15, -0.1) is 0 Å². The van der Waals surface area contributed by atoms with Crippen molar-refractivity contribution >= 4 is 0 Å². The van der Waals surface area contributed by atoms with E-state index >= 15 is 0 Å². The van der Waals surface area contributed by atoms with Gasteiger partial charge in [0, 0.05) is 18.5 Å². The third-order valence-electron chi connectivity index (χ3n) is 6.95. The Morgan fingerprint density at radius 3 is 2.00 bits per heavy atom. The molecule has 1 atom stereocenters. The molecule has 2 rings (SSSR count). The van der Waals surface area contributed by atoms with Crippen molar-refractivity contribution in [3.63, 3.8) is 0 Å². The molecule has 3 N–H and O–H groups in total. The summed E-state index contributed by atoms with van der Waals surface area (Å²) in [6.07, 6.45) is 16.5. The quantitative estimate of drug-likeness (QED) is 0.373. The Balaban J connectivity index is 1.54. The fourth-order valence-corrected chi connectivity index (χ4v) is 4.82. The molecule has 0 saturated carbocycles. The van der Waals surface area contributed by atoms with Gasteiger partial charge >= 0.3 is 0 Å². The normalized spacial score (nSPS) is 18.0. The zero-order chi connectivity index (χ0) is 20.8. The summed E-state index contributed by atoms with van der Waals surface area (Å²) >= 11 is 0. The van der Waals surface area contributed by atoms with Crippen molar-refractivity contribution < 1.29 is 5.11 Å². The van der Waals surface area contributed by atoms with Gasteiger partial charge in [0.1, 0.15) is 0 Å². The van der Waals surface area contributed by atoms with E-state index in [1.807, 2.05) is 0 Å². The van der Waals surface area contributed by atoms with E-state index in [2.05, 4.69) is 42.2 Å². The van der Waals surface area contributed by atoms with E-state index < -0.39 is 0 Å². The minimum Gasteiger partial charge on any atom is -0.392 e. The van der Waals surface area contributed by atoms with Crippen molar-refractivity contribution in [1.29, 1.82) is 0 Å². The van der Waals surface area contributed by atoms with Gasteiger partial charge in [0.05, 0.1) is 6.10 Å². The van der Waals surface area contributed by atoms with Crippen LogP contribution in [0.15, 0.2) is 30.3 Å². The highest BCUT2D eigenvalue weighted by molar-refractivity contribution is 5.26. The van der Waals surface area contributed by atoms with Gasteiger partial charge < -0.3 is 15.7 Å². The molecule has 0 aromatic heterocycles. The molecule has 0 bridgehead atoms. The number of rotatable bonds is 15. The summed E-state index contributed by atoms with van der Waals surface area (Å²) in [5.74, 6) is 0. The minimum absolute atomic E-state index is 0.124. The molecule has 0 aliphatic carbocycles. The number of nitrogens with two attached hydrogens (primary N) is 1. The molecule has 3 nitrogen and oxygen atoms in total. The van der Waals surface area contributed by atoms with Crippen molar-refractivity contribution in [2.75, 3.05) is 26.2 Å². The van der Waals surface area contributed by atoms with E-state index in [4.69, 9.17) is 5.73 Å². The van der Waals surface area contributed by atoms with Gasteiger partial charge in [-0.3, -0.25) is 0 Å². The smallest absolute Gasteiger partial charge is 0.0667 e. The van der Waals surface area contributed by atoms with E-state index in [1.54, 1.807) is 0 Å². The van der Waals surface area contributed by atoms with Crippen LogP contribution in [-0.4, -0.2) is 42.3 Å². The van der Waals surface area contributed by atoms with Gasteiger partial charge in [-0.1, -0.05) is 101 Å². The highest BCUT2D eigenvalue weighted by atomic mass is 16.3. The van der Waals surface area contributed by atoms with Gasteiger partial charge in [-0.25, -0.2) is 0 Å². The Kier molecular flexibility index (Phi) is 11.9. The number of likely N-dealkylation sites (tertiary alicyclic amines) is 1. The van der Waals surface area contributed by atoms with Crippen LogP contribution in [0, 0.1) is 0 Å². The number of aliphatic hydroxyl groups excluding tert-OH is 1. The lowest BCUT2D eigenvalue weighted by Gasteiger charge is -2.42. The third-order valence-corrected chi connectivity index (χ3v) is 6.95.